The van der Waals surface area contributed by atoms with Crippen LogP contribution in [-0.2, 0) is 4.79 Å². The fourth-order valence-electron chi connectivity index (χ4n) is 9.14. The Kier molecular flexibility index (Phi) is 5.06. The maximum atomic E-state index is 11.4. The average Bonchev–Trinajstić information content (AvgIpc) is 2.98. The minimum atomic E-state index is -0.0974. The molecular formula is C25H42O2. The van der Waals surface area contributed by atoms with Crippen molar-refractivity contribution >= 4 is 6.29 Å². The van der Waals surface area contributed by atoms with Crippen LogP contribution in [0.1, 0.15) is 98.3 Å². The molecule has 0 amide bonds. The Hall–Kier alpha value is -0.370. The third-order valence-corrected chi connectivity index (χ3v) is 10.8. The first-order valence-corrected chi connectivity index (χ1v) is 11.9. The molecule has 4 aliphatic rings. The molecule has 0 aromatic rings. The van der Waals surface area contributed by atoms with Gasteiger partial charge in [-0.1, -0.05) is 40.5 Å². The van der Waals surface area contributed by atoms with Gasteiger partial charge in [0.2, 0.25) is 0 Å². The zero-order valence-electron chi connectivity index (χ0n) is 18.2. The predicted octanol–water partition coefficient (Wildman–Crippen LogP) is 6.01. The molecule has 0 saturated heterocycles. The van der Waals surface area contributed by atoms with Gasteiger partial charge in [-0.2, -0.15) is 0 Å². The summed E-state index contributed by atoms with van der Waals surface area (Å²) in [5, 5.41) is 11.4. The molecule has 1 N–H and O–H groups in total. The molecule has 4 aliphatic carbocycles. The number of fused-ring (bicyclic) bond motifs is 5. The number of carbonyl (C=O) groups is 1. The van der Waals surface area contributed by atoms with Gasteiger partial charge < -0.3 is 9.90 Å². The first-order valence-electron chi connectivity index (χ1n) is 11.9. The van der Waals surface area contributed by atoms with Crippen molar-refractivity contribution in [2.45, 2.75) is 104 Å². The predicted molar refractivity (Wildman–Crippen MR) is 110 cm³/mol. The highest BCUT2D eigenvalue weighted by atomic mass is 16.3. The van der Waals surface area contributed by atoms with E-state index in [1.165, 1.54) is 51.4 Å². The smallest absolute Gasteiger partial charge is 0.120 e. The Morgan fingerprint density at radius 3 is 2.52 bits per heavy atom. The number of carbonyl (C=O) groups excluding carboxylic acids is 1. The van der Waals surface area contributed by atoms with Crippen molar-refractivity contribution in [1.29, 1.82) is 0 Å². The summed E-state index contributed by atoms with van der Waals surface area (Å²) in [6.07, 6.45) is 14.5. The second-order valence-electron chi connectivity index (χ2n) is 11.7. The third kappa shape index (κ3) is 2.79. The highest BCUT2D eigenvalue weighted by molar-refractivity contribution is 5.49. The summed E-state index contributed by atoms with van der Waals surface area (Å²) in [6, 6.07) is 0. The van der Waals surface area contributed by atoms with Gasteiger partial charge in [0.25, 0.3) is 0 Å². The van der Waals surface area contributed by atoms with E-state index in [0.717, 1.165) is 25.0 Å². The summed E-state index contributed by atoms with van der Waals surface area (Å²) >= 11 is 0. The minimum absolute atomic E-state index is 0.0974. The van der Waals surface area contributed by atoms with Gasteiger partial charge in [0, 0.05) is 6.42 Å². The van der Waals surface area contributed by atoms with Gasteiger partial charge in [-0.25, -0.2) is 0 Å². The van der Waals surface area contributed by atoms with Gasteiger partial charge in [0.05, 0.1) is 6.10 Å². The highest BCUT2D eigenvalue weighted by Gasteiger charge is 2.65. The van der Waals surface area contributed by atoms with Crippen LogP contribution in [0.2, 0.25) is 0 Å². The van der Waals surface area contributed by atoms with Crippen LogP contribution in [0.15, 0.2) is 0 Å². The zero-order chi connectivity index (χ0) is 19.4. The second kappa shape index (κ2) is 6.85. The number of hydrogen-bond acceptors (Lipinski definition) is 2. The molecule has 154 valence electrons. The SMILES string of the molecule is C[C@H](CCC=O)C1CCC2[C@H]3C(CC[C@@]21C)[C@@]1(C)CCCC[C@@]1(C)C[C@@H]3O. The number of aldehydes is 1. The topological polar surface area (TPSA) is 37.3 Å². The van der Waals surface area contributed by atoms with E-state index >= 15 is 0 Å². The lowest BCUT2D eigenvalue weighted by molar-refractivity contribution is -0.198. The molecule has 4 fully saturated rings. The lowest BCUT2D eigenvalue weighted by Crippen LogP contribution is -2.61. The number of aliphatic hydroxyl groups is 1. The summed E-state index contributed by atoms with van der Waals surface area (Å²) in [7, 11) is 0. The van der Waals surface area contributed by atoms with Crippen LogP contribution in [0.5, 0.6) is 0 Å². The van der Waals surface area contributed by atoms with Crippen molar-refractivity contribution in [1.82, 2.24) is 0 Å². The zero-order valence-corrected chi connectivity index (χ0v) is 18.2. The fourth-order valence-corrected chi connectivity index (χ4v) is 9.14. The van der Waals surface area contributed by atoms with E-state index in [2.05, 4.69) is 27.7 Å². The quantitative estimate of drug-likeness (QED) is 0.612. The molecule has 3 unspecified atom stereocenters. The molecule has 4 rings (SSSR count). The average molecular weight is 375 g/mol. The number of rotatable bonds is 4. The van der Waals surface area contributed by atoms with Crippen molar-refractivity contribution in [3.63, 3.8) is 0 Å². The van der Waals surface area contributed by atoms with Crippen LogP contribution in [0.4, 0.5) is 0 Å². The normalized spacial score (nSPS) is 53.1. The van der Waals surface area contributed by atoms with E-state index in [0.29, 0.717) is 46.3 Å². The second-order valence-corrected chi connectivity index (χ2v) is 11.7. The van der Waals surface area contributed by atoms with Crippen molar-refractivity contribution in [3.05, 3.63) is 0 Å². The van der Waals surface area contributed by atoms with Gasteiger partial charge in [-0.15, -0.1) is 0 Å². The molecule has 0 radical (unpaired) electrons. The number of aliphatic hydroxyl groups excluding tert-OH is 1. The molecular weight excluding hydrogens is 332 g/mol. The Balaban J connectivity index is 1.61. The maximum absolute atomic E-state index is 11.4. The molecule has 0 aliphatic heterocycles. The summed E-state index contributed by atoms with van der Waals surface area (Å²) < 4.78 is 0. The van der Waals surface area contributed by atoms with Crippen molar-refractivity contribution < 1.29 is 9.90 Å². The van der Waals surface area contributed by atoms with E-state index in [4.69, 9.17) is 0 Å². The van der Waals surface area contributed by atoms with Crippen LogP contribution in [-0.4, -0.2) is 17.5 Å². The lowest BCUT2D eigenvalue weighted by Gasteiger charge is -2.66. The molecule has 27 heavy (non-hydrogen) atoms. The molecule has 0 aromatic heterocycles. The van der Waals surface area contributed by atoms with E-state index in [1.54, 1.807) is 0 Å². The standard InChI is InChI=1S/C25H42O2/c1-17(8-7-15-26)18-9-10-19-22-20(11-14-24(18,19)3)25(4)13-6-5-12-23(25,2)16-21(22)27/h15,17-22,27H,5-14,16H2,1-4H3/t17-,18?,19?,20?,21+,22+,23+,24-,25-/m1/s1. The van der Waals surface area contributed by atoms with E-state index in [9.17, 15) is 9.90 Å². The van der Waals surface area contributed by atoms with Crippen molar-refractivity contribution in [3.8, 4) is 0 Å². The monoisotopic (exact) mass is 374 g/mol. The van der Waals surface area contributed by atoms with Crippen LogP contribution >= 0.6 is 0 Å². The minimum Gasteiger partial charge on any atom is -0.393 e. The van der Waals surface area contributed by atoms with Crippen LogP contribution in [0.3, 0.4) is 0 Å². The van der Waals surface area contributed by atoms with Gasteiger partial charge in [-0.05, 0) is 97.2 Å². The molecule has 9 atom stereocenters. The summed E-state index contributed by atoms with van der Waals surface area (Å²) in [5.41, 5.74) is 1.15. The first kappa shape index (κ1) is 19.9. The van der Waals surface area contributed by atoms with E-state index in [-0.39, 0.29) is 6.10 Å². The van der Waals surface area contributed by atoms with Gasteiger partial charge in [-0.3, -0.25) is 0 Å². The summed E-state index contributed by atoms with van der Waals surface area (Å²) in [4.78, 5) is 10.9. The Bertz CT molecular complexity index is 573. The van der Waals surface area contributed by atoms with Gasteiger partial charge in [0.15, 0.2) is 0 Å². The molecule has 4 saturated carbocycles. The fraction of sp³-hybridized carbons (Fsp3) is 0.960. The van der Waals surface area contributed by atoms with Crippen LogP contribution in [0.25, 0.3) is 0 Å². The van der Waals surface area contributed by atoms with Crippen molar-refractivity contribution in [2.75, 3.05) is 0 Å². The van der Waals surface area contributed by atoms with Crippen molar-refractivity contribution in [2.24, 2.45) is 45.8 Å². The van der Waals surface area contributed by atoms with E-state index < -0.39 is 0 Å². The maximum Gasteiger partial charge on any atom is 0.120 e. The lowest BCUT2D eigenvalue weighted by atomic mass is 9.39. The van der Waals surface area contributed by atoms with E-state index in [1.807, 2.05) is 0 Å². The Labute approximate surface area is 166 Å². The summed E-state index contributed by atoms with van der Waals surface area (Å²) in [6.45, 7) is 10.0. The molecule has 0 bridgehead atoms. The molecule has 2 nitrogen and oxygen atoms in total. The highest BCUT2D eigenvalue weighted by Crippen LogP contribution is 2.71. The Morgan fingerprint density at radius 2 is 1.78 bits per heavy atom. The molecule has 0 spiro atoms. The summed E-state index contributed by atoms with van der Waals surface area (Å²) in [5.74, 6) is 3.30. The van der Waals surface area contributed by atoms with Crippen LogP contribution < -0.4 is 0 Å². The third-order valence-electron chi connectivity index (χ3n) is 10.8. The van der Waals surface area contributed by atoms with Crippen LogP contribution in [0, 0.1) is 45.8 Å². The Morgan fingerprint density at radius 1 is 1.04 bits per heavy atom. The number of hydrogen-bond donors (Lipinski definition) is 1. The largest absolute Gasteiger partial charge is 0.393 e. The molecule has 2 heteroatoms. The van der Waals surface area contributed by atoms with Gasteiger partial charge in [0.1, 0.15) is 6.29 Å². The first-order chi connectivity index (χ1) is 12.8. The molecule has 0 aromatic carbocycles. The van der Waals surface area contributed by atoms with Gasteiger partial charge >= 0.3 is 0 Å². The molecule has 0 heterocycles.